The number of thiocarbonyl (C=S) groups is 1. The Labute approximate surface area is 158 Å². The second-order valence-corrected chi connectivity index (χ2v) is 6.49. The SMILES string of the molecule is COc1ccccc1[C@H]1NC(=S)NC(C)=C1C(=O)Nc1ccccc1C. The Morgan fingerprint density at radius 2 is 1.81 bits per heavy atom. The van der Waals surface area contributed by atoms with Crippen LogP contribution in [0.15, 0.2) is 59.8 Å². The van der Waals surface area contributed by atoms with E-state index >= 15 is 0 Å². The fraction of sp³-hybridized carbons (Fsp3) is 0.200. The molecule has 2 aromatic rings. The van der Waals surface area contributed by atoms with Gasteiger partial charge in [-0.2, -0.15) is 0 Å². The number of allylic oxidation sites excluding steroid dienone is 1. The van der Waals surface area contributed by atoms with Gasteiger partial charge in [-0.05, 0) is 43.8 Å². The van der Waals surface area contributed by atoms with Gasteiger partial charge in [0.1, 0.15) is 5.75 Å². The number of para-hydroxylation sites is 2. The molecule has 0 aliphatic carbocycles. The molecule has 2 aromatic carbocycles. The zero-order valence-electron chi connectivity index (χ0n) is 14.9. The van der Waals surface area contributed by atoms with Gasteiger partial charge in [0.2, 0.25) is 0 Å². The third-order valence-corrected chi connectivity index (χ3v) is 4.58. The van der Waals surface area contributed by atoms with Crippen LogP contribution in [0.1, 0.15) is 24.1 Å². The number of carbonyl (C=O) groups is 1. The van der Waals surface area contributed by atoms with Crippen LogP contribution >= 0.6 is 12.2 Å². The minimum absolute atomic E-state index is 0.185. The van der Waals surface area contributed by atoms with E-state index in [9.17, 15) is 4.79 Å². The van der Waals surface area contributed by atoms with Crippen LogP contribution in [-0.4, -0.2) is 18.1 Å². The number of amides is 1. The van der Waals surface area contributed by atoms with Crippen molar-refractivity contribution in [1.82, 2.24) is 10.6 Å². The van der Waals surface area contributed by atoms with E-state index < -0.39 is 6.04 Å². The Hall–Kier alpha value is -2.86. The van der Waals surface area contributed by atoms with Gasteiger partial charge < -0.3 is 20.7 Å². The van der Waals surface area contributed by atoms with Crippen molar-refractivity contribution in [3.63, 3.8) is 0 Å². The standard InChI is InChI=1S/C20H21N3O2S/c1-12-8-4-6-10-15(12)22-19(24)17-13(2)21-20(26)23-18(17)14-9-5-7-11-16(14)25-3/h4-11,18H,1-3H3,(H,22,24)(H2,21,23,26)/t18-/m1/s1. The third kappa shape index (κ3) is 3.55. The molecule has 134 valence electrons. The predicted molar refractivity (Wildman–Crippen MR) is 107 cm³/mol. The average molecular weight is 367 g/mol. The first-order chi connectivity index (χ1) is 12.5. The Morgan fingerprint density at radius 1 is 1.12 bits per heavy atom. The number of hydrogen-bond donors (Lipinski definition) is 3. The maximum absolute atomic E-state index is 13.1. The number of aryl methyl sites for hydroxylation is 1. The molecule has 0 radical (unpaired) electrons. The quantitative estimate of drug-likeness (QED) is 0.723. The smallest absolute Gasteiger partial charge is 0.255 e. The van der Waals surface area contributed by atoms with Gasteiger partial charge in [0.05, 0.1) is 18.7 Å². The zero-order valence-corrected chi connectivity index (χ0v) is 15.7. The third-order valence-electron chi connectivity index (χ3n) is 4.36. The molecule has 0 spiro atoms. The topological polar surface area (TPSA) is 62.4 Å². The Bertz CT molecular complexity index is 892. The molecule has 0 saturated heterocycles. The zero-order chi connectivity index (χ0) is 18.7. The van der Waals surface area contributed by atoms with Gasteiger partial charge in [0, 0.05) is 16.9 Å². The molecule has 1 heterocycles. The summed E-state index contributed by atoms with van der Waals surface area (Å²) >= 11 is 5.30. The van der Waals surface area contributed by atoms with Crippen molar-refractivity contribution in [2.24, 2.45) is 0 Å². The first-order valence-corrected chi connectivity index (χ1v) is 8.70. The number of hydrogen-bond acceptors (Lipinski definition) is 3. The van der Waals surface area contributed by atoms with Crippen LogP contribution < -0.4 is 20.7 Å². The minimum atomic E-state index is -0.399. The molecule has 1 aliphatic rings. The summed E-state index contributed by atoms with van der Waals surface area (Å²) in [6, 6.07) is 14.9. The number of anilines is 1. The second-order valence-electron chi connectivity index (χ2n) is 6.08. The van der Waals surface area contributed by atoms with Crippen LogP contribution in [0, 0.1) is 6.92 Å². The van der Waals surface area contributed by atoms with Crippen molar-refractivity contribution in [3.05, 3.63) is 70.9 Å². The fourth-order valence-corrected chi connectivity index (χ4v) is 3.31. The van der Waals surface area contributed by atoms with Crippen molar-refractivity contribution in [2.45, 2.75) is 19.9 Å². The molecule has 0 bridgehead atoms. The average Bonchev–Trinajstić information content (AvgIpc) is 2.62. The van der Waals surface area contributed by atoms with Crippen LogP contribution in [0.2, 0.25) is 0 Å². The summed E-state index contributed by atoms with van der Waals surface area (Å²) in [6.07, 6.45) is 0. The molecule has 0 fully saturated rings. The lowest BCUT2D eigenvalue weighted by Gasteiger charge is -2.31. The predicted octanol–water partition coefficient (Wildman–Crippen LogP) is 3.44. The molecule has 5 nitrogen and oxygen atoms in total. The molecule has 0 saturated carbocycles. The Balaban J connectivity index is 2.01. The summed E-state index contributed by atoms with van der Waals surface area (Å²) in [4.78, 5) is 13.1. The molecule has 1 atom stereocenters. The van der Waals surface area contributed by atoms with Crippen LogP contribution in [-0.2, 0) is 4.79 Å². The number of benzene rings is 2. The minimum Gasteiger partial charge on any atom is -0.496 e. The Morgan fingerprint density at radius 3 is 2.54 bits per heavy atom. The van der Waals surface area contributed by atoms with Crippen LogP contribution in [0.25, 0.3) is 0 Å². The van der Waals surface area contributed by atoms with Gasteiger partial charge >= 0.3 is 0 Å². The van der Waals surface area contributed by atoms with Gasteiger partial charge in [-0.1, -0.05) is 36.4 Å². The largest absolute Gasteiger partial charge is 0.496 e. The van der Waals surface area contributed by atoms with E-state index in [-0.39, 0.29) is 5.91 Å². The molecule has 1 amide bonds. The molecule has 0 aromatic heterocycles. The molecular weight excluding hydrogens is 346 g/mol. The molecule has 0 unspecified atom stereocenters. The van der Waals surface area contributed by atoms with Crippen LogP contribution in [0.3, 0.4) is 0 Å². The van der Waals surface area contributed by atoms with E-state index in [1.807, 2.05) is 62.4 Å². The number of carbonyl (C=O) groups excluding carboxylic acids is 1. The van der Waals surface area contributed by atoms with Gasteiger partial charge in [-0.3, -0.25) is 4.79 Å². The molecule has 6 heteroatoms. The molecule has 1 aliphatic heterocycles. The lowest BCUT2D eigenvalue weighted by atomic mass is 9.94. The van der Waals surface area contributed by atoms with Crippen LogP contribution in [0.4, 0.5) is 5.69 Å². The van der Waals surface area contributed by atoms with E-state index in [0.29, 0.717) is 16.4 Å². The van der Waals surface area contributed by atoms with Crippen LogP contribution in [0.5, 0.6) is 5.75 Å². The highest BCUT2D eigenvalue weighted by molar-refractivity contribution is 7.80. The molecule has 3 N–H and O–H groups in total. The number of nitrogens with one attached hydrogen (secondary N) is 3. The van der Waals surface area contributed by atoms with Gasteiger partial charge in [-0.25, -0.2) is 0 Å². The summed E-state index contributed by atoms with van der Waals surface area (Å²) in [5.41, 5.74) is 3.93. The highest BCUT2D eigenvalue weighted by Crippen LogP contribution is 2.33. The normalized spacial score (nSPS) is 16.6. The highest BCUT2D eigenvalue weighted by Gasteiger charge is 2.31. The first kappa shape index (κ1) is 17.9. The van der Waals surface area contributed by atoms with Gasteiger partial charge in [0.25, 0.3) is 5.91 Å². The first-order valence-electron chi connectivity index (χ1n) is 8.29. The summed E-state index contributed by atoms with van der Waals surface area (Å²) in [7, 11) is 1.61. The molecular formula is C20H21N3O2S. The van der Waals surface area contributed by atoms with Crippen molar-refractivity contribution >= 4 is 28.9 Å². The number of methoxy groups -OCH3 is 1. The summed E-state index contributed by atoms with van der Waals surface area (Å²) in [5.74, 6) is 0.513. The van der Waals surface area contributed by atoms with E-state index in [4.69, 9.17) is 17.0 Å². The van der Waals surface area contributed by atoms with Gasteiger partial charge in [0.15, 0.2) is 5.11 Å². The maximum Gasteiger partial charge on any atom is 0.255 e. The number of rotatable bonds is 4. The van der Waals surface area contributed by atoms with Crippen molar-refractivity contribution in [1.29, 1.82) is 0 Å². The summed E-state index contributed by atoms with van der Waals surface area (Å²) in [5, 5.41) is 9.72. The van der Waals surface area contributed by atoms with Gasteiger partial charge in [-0.15, -0.1) is 0 Å². The van der Waals surface area contributed by atoms with E-state index in [2.05, 4.69) is 16.0 Å². The summed E-state index contributed by atoms with van der Waals surface area (Å²) < 4.78 is 5.48. The molecule has 26 heavy (non-hydrogen) atoms. The van der Waals surface area contributed by atoms with E-state index in [1.165, 1.54) is 0 Å². The second kappa shape index (κ2) is 7.58. The highest BCUT2D eigenvalue weighted by atomic mass is 32.1. The molecule has 3 rings (SSSR count). The lowest BCUT2D eigenvalue weighted by Crippen LogP contribution is -2.45. The maximum atomic E-state index is 13.1. The van der Waals surface area contributed by atoms with E-state index in [0.717, 1.165) is 22.5 Å². The van der Waals surface area contributed by atoms with E-state index in [1.54, 1.807) is 7.11 Å². The fourth-order valence-electron chi connectivity index (χ4n) is 3.04. The summed E-state index contributed by atoms with van der Waals surface area (Å²) in [6.45, 7) is 3.81. The van der Waals surface area contributed by atoms with Crippen molar-refractivity contribution in [2.75, 3.05) is 12.4 Å². The number of ether oxygens (including phenoxy) is 1. The lowest BCUT2D eigenvalue weighted by molar-refractivity contribution is -0.113. The van der Waals surface area contributed by atoms with Crippen molar-refractivity contribution in [3.8, 4) is 5.75 Å². The van der Waals surface area contributed by atoms with Crippen molar-refractivity contribution < 1.29 is 9.53 Å². The Kier molecular flexibility index (Phi) is 5.23. The monoisotopic (exact) mass is 367 g/mol.